The van der Waals surface area contributed by atoms with Gasteiger partial charge in [0.1, 0.15) is 0 Å². The van der Waals surface area contributed by atoms with Gasteiger partial charge in [0.05, 0.1) is 6.26 Å². The van der Waals surface area contributed by atoms with Crippen LogP contribution in [0.25, 0.3) is 0 Å². The Labute approximate surface area is 155 Å². The Morgan fingerprint density at radius 3 is 2.35 bits per heavy atom. The molecule has 0 spiro atoms. The van der Waals surface area contributed by atoms with Crippen molar-refractivity contribution < 1.29 is 22.7 Å². The number of nitrogens with one attached hydrogen (secondary N) is 1. The third-order valence-electron chi connectivity index (χ3n) is 4.63. The summed E-state index contributed by atoms with van der Waals surface area (Å²) in [6.07, 6.45) is 7.47. The van der Waals surface area contributed by atoms with Crippen molar-refractivity contribution >= 4 is 27.5 Å². The predicted molar refractivity (Wildman–Crippen MR) is 101 cm³/mol. The van der Waals surface area contributed by atoms with Gasteiger partial charge in [-0.15, -0.1) is 0 Å². The van der Waals surface area contributed by atoms with E-state index in [1.807, 2.05) is 0 Å². The third-order valence-corrected chi connectivity index (χ3v) is 5.24. The maximum absolute atomic E-state index is 12.4. The maximum Gasteiger partial charge on any atom is 0.306 e. The summed E-state index contributed by atoms with van der Waals surface area (Å²) in [7, 11) is -3.36. The monoisotopic (exact) mass is 381 g/mol. The van der Waals surface area contributed by atoms with Gasteiger partial charge >= 0.3 is 5.97 Å². The molecule has 0 saturated heterocycles. The van der Waals surface area contributed by atoms with E-state index in [9.17, 15) is 18.0 Å². The molecule has 1 N–H and O–H groups in total. The lowest BCUT2D eigenvalue weighted by Gasteiger charge is -2.21. The van der Waals surface area contributed by atoms with E-state index in [0.29, 0.717) is 23.6 Å². The van der Waals surface area contributed by atoms with Crippen LogP contribution in [0, 0.1) is 5.92 Å². The normalized spacial score (nSPS) is 16.7. The summed E-state index contributed by atoms with van der Waals surface area (Å²) >= 11 is 0. The van der Waals surface area contributed by atoms with Crippen LogP contribution in [0.3, 0.4) is 0 Å². The first-order valence-corrected chi connectivity index (χ1v) is 11.0. The quantitative estimate of drug-likeness (QED) is 0.549. The van der Waals surface area contributed by atoms with E-state index in [1.54, 1.807) is 6.92 Å². The average molecular weight is 381 g/mol. The number of anilines is 1. The Kier molecular flexibility index (Phi) is 7.20. The van der Waals surface area contributed by atoms with Crippen molar-refractivity contribution in [3.8, 4) is 0 Å². The zero-order valence-corrected chi connectivity index (χ0v) is 16.2. The van der Waals surface area contributed by atoms with Crippen molar-refractivity contribution in [1.82, 2.24) is 0 Å². The zero-order chi connectivity index (χ0) is 19.2. The van der Waals surface area contributed by atoms with Gasteiger partial charge in [-0.3, -0.25) is 14.3 Å². The topological polar surface area (TPSA) is 89.5 Å². The fraction of sp³-hybridized carbons (Fsp3) is 0.579. The largest absolute Gasteiger partial charge is 0.454 e. The molecule has 1 saturated carbocycles. The highest BCUT2D eigenvalue weighted by Crippen LogP contribution is 2.27. The van der Waals surface area contributed by atoms with Gasteiger partial charge in [0.15, 0.2) is 6.10 Å². The van der Waals surface area contributed by atoms with E-state index < -0.39 is 16.1 Å². The van der Waals surface area contributed by atoms with Gasteiger partial charge in [-0.05, 0) is 43.5 Å². The summed E-state index contributed by atoms with van der Waals surface area (Å²) in [5.41, 5.74) is 0.748. The fourth-order valence-corrected chi connectivity index (χ4v) is 3.82. The molecule has 0 bridgehead atoms. The lowest BCUT2D eigenvalue weighted by Crippen LogP contribution is -2.24. The number of ketones is 1. The Morgan fingerprint density at radius 1 is 1.15 bits per heavy atom. The molecular weight excluding hydrogens is 354 g/mol. The molecule has 2 rings (SSSR count). The van der Waals surface area contributed by atoms with E-state index in [1.165, 1.54) is 56.4 Å². The molecule has 1 fully saturated rings. The van der Waals surface area contributed by atoms with Crippen LogP contribution in [-0.2, 0) is 19.6 Å². The van der Waals surface area contributed by atoms with Crippen LogP contribution in [0.2, 0.25) is 0 Å². The zero-order valence-electron chi connectivity index (χ0n) is 15.4. The molecule has 1 atom stereocenters. The number of rotatable bonds is 8. The van der Waals surface area contributed by atoms with Crippen LogP contribution in [0.15, 0.2) is 24.3 Å². The summed E-state index contributed by atoms with van der Waals surface area (Å²) in [6, 6.07) is 6.04. The Hall–Kier alpha value is -1.89. The molecule has 0 aliphatic heterocycles. The van der Waals surface area contributed by atoms with Gasteiger partial charge in [0, 0.05) is 17.7 Å². The van der Waals surface area contributed by atoms with Crippen LogP contribution in [0.1, 0.15) is 62.2 Å². The summed E-state index contributed by atoms with van der Waals surface area (Å²) in [4.78, 5) is 24.4. The van der Waals surface area contributed by atoms with Gasteiger partial charge in [-0.25, -0.2) is 8.42 Å². The lowest BCUT2D eigenvalue weighted by atomic mass is 9.86. The molecule has 0 amide bonds. The summed E-state index contributed by atoms with van der Waals surface area (Å²) in [6.45, 7) is 1.56. The van der Waals surface area contributed by atoms with Crippen molar-refractivity contribution in [2.24, 2.45) is 5.92 Å². The van der Waals surface area contributed by atoms with Gasteiger partial charge in [0.25, 0.3) is 0 Å². The van der Waals surface area contributed by atoms with E-state index in [0.717, 1.165) is 12.7 Å². The van der Waals surface area contributed by atoms with Gasteiger partial charge in [0.2, 0.25) is 15.8 Å². The number of ether oxygens (including phenoxy) is 1. The molecule has 0 radical (unpaired) electrons. The van der Waals surface area contributed by atoms with E-state index in [2.05, 4.69) is 4.72 Å². The van der Waals surface area contributed by atoms with Crippen LogP contribution >= 0.6 is 0 Å². The number of carbonyl (C=O) groups excluding carboxylic acids is 2. The van der Waals surface area contributed by atoms with Crippen LogP contribution in [-0.4, -0.2) is 32.5 Å². The first-order chi connectivity index (χ1) is 12.2. The summed E-state index contributed by atoms with van der Waals surface area (Å²) in [5, 5.41) is 0. The molecule has 1 aromatic carbocycles. The molecule has 1 aromatic rings. The molecule has 0 aromatic heterocycles. The first-order valence-electron chi connectivity index (χ1n) is 9.06. The van der Waals surface area contributed by atoms with Crippen molar-refractivity contribution in [1.29, 1.82) is 0 Å². The molecule has 1 aliphatic carbocycles. The van der Waals surface area contributed by atoms with E-state index in [-0.39, 0.29) is 11.8 Å². The number of benzene rings is 1. The van der Waals surface area contributed by atoms with E-state index >= 15 is 0 Å². The summed E-state index contributed by atoms with van der Waals surface area (Å²) < 4.78 is 30.0. The molecule has 7 heteroatoms. The van der Waals surface area contributed by atoms with Crippen molar-refractivity contribution in [3.63, 3.8) is 0 Å². The number of sulfonamides is 1. The van der Waals surface area contributed by atoms with Gasteiger partial charge < -0.3 is 4.74 Å². The first kappa shape index (κ1) is 20.4. The van der Waals surface area contributed by atoms with Crippen molar-refractivity contribution in [2.75, 3.05) is 11.0 Å². The molecule has 26 heavy (non-hydrogen) atoms. The number of hydrogen-bond donors (Lipinski definition) is 1. The maximum atomic E-state index is 12.4. The molecule has 0 unspecified atom stereocenters. The smallest absolute Gasteiger partial charge is 0.306 e. The Balaban J connectivity index is 1.83. The lowest BCUT2D eigenvalue weighted by molar-refractivity contribution is -0.146. The van der Waals surface area contributed by atoms with Gasteiger partial charge in [-0.1, -0.05) is 32.1 Å². The molecular formula is C19H27NO5S. The van der Waals surface area contributed by atoms with Crippen LogP contribution in [0.5, 0.6) is 0 Å². The fourth-order valence-electron chi connectivity index (χ4n) is 3.26. The SMILES string of the molecule is C[C@H](OC(=O)CCC1CCCCC1)C(=O)c1ccc(NS(C)(=O)=O)cc1. The standard InChI is InChI=1S/C19H27NO5S/c1-14(25-18(21)13-8-15-6-4-3-5-7-15)19(22)16-9-11-17(12-10-16)20-26(2,23)24/h9-12,14-15,20H,3-8,13H2,1-2H3/t14-/m0/s1. The average Bonchev–Trinajstić information content (AvgIpc) is 2.59. The minimum absolute atomic E-state index is 0.304. The molecule has 144 valence electrons. The van der Waals surface area contributed by atoms with Crippen molar-refractivity contribution in [2.45, 2.75) is 58.0 Å². The minimum Gasteiger partial charge on any atom is -0.454 e. The van der Waals surface area contributed by atoms with Crippen LogP contribution < -0.4 is 4.72 Å². The minimum atomic E-state index is -3.36. The highest BCUT2D eigenvalue weighted by atomic mass is 32.2. The van der Waals surface area contributed by atoms with E-state index in [4.69, 9.17) is 4.74 Å². The van der Waals surface area contributed by atoms with Gasteiger partial charge in [-0.2, -0.15) is 0 Å². The molecule has 0 heterocycles. The third kappa shape index (κ3) is 6.78. The number of Topliss-reactive ketones (excluding diaryl/α,β-unsaturated/α-hetero) is 1. The Bertz CT molecular complexity index is 721. The molecule has 6 nitrogen and oxygen atoms in total. The highest BCUT2D eigenvalue weighted by Gasteiger charge is 2.21. The van der Waals surface area contributed by atoms with Crippen molar-refractivity contribution in [3.05, 3.63) is 29.8 Å². The number of hydrogen-bond acceptors (Lipinski definition) is 5. The second-order valence-corrected chi connectivity index (χ2v) is 8.74. The second-order valence-electron chi connectivity index (χ2n) is 6.99. The van der Waals surface area contributed by atoms with Crippen LogP contribution in [0.4, 0.5) is 5.69 Å². The summed E-state index contributed by atoms with van der Waals surface area (Å²) in [5.74, 6) is -0.0501. The number of carbonyl (C=O) groups is 2. The second kappa shape index (κ2) is 9.16. The highest BCUT2D eigenvalue weighted by molar-refractivity contribution is 7.92. The molecule has 1 aliphatic rings. The Morgan fingerprint density at radius 2 is 1.77 bits per heavy atom. The number of esters is 1. The predicted octanol–water partition coefficient (Wildman–Crippen LogP) is 3.53.